The Bertz CT molecular complexity index is 1310. The molecule has 0 amide bonds. The van der Waals surface area contributed by atoms with Gasteiger partial charge in [0.1, 0.15) is 11.9 Å². The average molecular weight is 494 g/mol. The van der Waals surface area contributed by atoms with Crippen LogP contribution in [0.5, 0.6) is 5.75 Å². The number of halogens is 3. The molecule has 1 fully saturated rings. The molecule has 4 rings (SSSR count). The highest BCUT2D eigenvalue weighted by Gasteiger charge is 2.36. The Morgan fingerprint density at radius 2 is 1.76 bits per heavy atom. The van der Waals surface area contributed by atoms with Gasteiger partial charge in [0.05, 0.1) is 16.1 Å². The summed E-state index contributed by atoms with van der Waals surface area (Å²) in [7, 11) is 1.49. The van der Waals surface area contributed by atoms with Crippen LogP contribution in [0.2, 0.25) is 0 Å². The second kappa shape index (κ2) is 8.99. The summed E-state index contributed by atoms with van der Waals surface area (Å²) in [5.41, 5.74) is -0.0952. The van der Waals surface area contributed by atoms with Gasteiger partial charge in [-0.25, -0.2) is 8.42 Å². The molecule has 0 bridgehead atoms. The molecule has 1 N–H and O–H groups in total. The number of likely N-dealkylation sites (N-methyl/N-ethyl adjacent to an activating group) is 1. The highest BCUT2D eigenvalue weighted by Crippen LogP contribution is 2.39. The zero-order valence-corrected chi connectivity index (χ0v) is 19.9. The lowest BCUT2D eigenvalue weighted by Crippen LogP contribution is -2.23. The normalized spacial score (nSPS) is 17.2. The number of hydrogen-bond acceptors (Lipinski definition) is 5. The second-order valence-electron chi connectivity index (χ2n) is 8.63. The molecule has 0 aliphatic carbocycles. The molecule has 1 aliphatic heterocycles. The molecule has 1 aliphatic rings. The van der Waals surface area contributed by atoms with Crippen LogP contribution in [-0.2, 0) is 16.2 Å². The van der Waals surface area contributed by atoms with E-state index in [1.807, 2.05) is 43.1 Å². The standard InChI is InChI=1S/C24H26F3N3O3S/c1-29(2)21-8-4-7-19-18(21)6-5-9-23(19)34(31,32)28-16-10-11-20(24(25,26)27)22(14-16)33-17-12-13-30(3)15-17/h4-11,14,17,28H,12-13,15H2,1-3H3/t17-/m1/s1. The monoisotopic (exact) mass is 493 g/mol. The van der Waals surface area contributed by atoms with Crippen LogP contribution in [0.15, 0.2) is 59.5 Å². The van der Waals surface area contributed by atoms with E-state index < -0.39 is 27.9 Å². The van der Waals surface area contributed by atoms with Crippen LogP contribution < -0.4 is 14.4 Å². The van der Waals surface area contributed by atoms with Gasteiger partial charge in [-0.1, -0.05) is 24.3 Å². The van der Waals surface area contributed by atoms with E-state index in [-0.39, 0.29) is 16.3 Å². The van der Waals surface area contributed by atoms with Crippen molar-refractivity contribution in [1.82, 2.24) is 4.90 Å². The molecule has 0 unspecified atom stereocenters. The molecule has 1 saturated heterocycles. The molecule has 182 valence electrons. The van der Waals surface area contributed by atoms with E-state index in [1.165, 1.54) is 6.07 Å². The van der Waals surface area contributed by atoms with Crippen LogP contribution in [0.1, 0.15) is 12.0 Å². The van der Waals surface area contributed by atoms with Crippen molar-refractivity contribution in [1.29, 1.82) is 0 Å². The van der Waals surface area contributed by atoms with Crippen molar-refractivity contribution in [2.45, 2.75) is 23.6 Å². The third-order valence-corrected chi connectivity index (χ3v) is 7.25. The van der Waals surface area contributed by atoms with Gasteiger partial charge < -0.3 is 14.5 Å². The van der Waals surface area contributed by atoms with E-state index in [2.05, 4.69) is 4.72 Å². The molecular weight excluding hydrogens is 467 g/mol. The number of likely N-dealkylation sites (tertiary alicyclic amines) is 1. The number of nitrogens with one attached hydrogen (secondary N) is 1. The number of anilines is 2. The second-order valence-corrected chi connectivity index (χ2v) is 10.3. The van der Waals surface area contributed by atoms with E-state index in [1.54, 1.807) is 18.2 Å². The Balaban J connectivity index is 1.71. The molecule has 6 nitrogen and oxygen atoms in total. The Morgan fingerprint density at radius 1 is 1.06 bits per heavy atom. The number of sulfonamides is 1. The van der Waals surface area contributed by atoms with Gasteiger partial charge in [0, 0.05) is 49.7 Å². The first-order valence-electron chi connectivity index (χ1n) is 10.7. The molecule has 0 saturated carbocycles. The first-order valence-corrected chi connectivity index (χ1v) is 12.2. The van der Waals surface area contributed by atoms with Crippen LogP contribution in [0.3, 0.4) is 0 Å². The summed E-state index contributed by atoms with van der Waals surface area (Å²) in [4.78, 5) is 3.88. The van der Waals surface area contributed by atoms with Crippen LogP contribution in [0, 0.1) is 0 Å². The number of hydrogen-bond donors (Lipinski definition) is 1. The SMILES string of the molecule is CN1CC[C@@H](Oc2cc(NS(=O)(=O)c3cccc4c(N(C)C)cccc34)ccc2C(F)(F)F)C1. The Kier molecular flexibility index (Phi) is 6.39. The summed E-state index contributed by atoms with van der Waals surface area (Å²) in [6, 6.07) is 13.3. The van der Waals surface area contributed by atoms with Gasteiger partial charge in [-0.3, -0.25) is 4.72 Å². The van der Waals surface area contributed by atoms with Crippen LogP contribution >= 0.6 is 0 Å². The lowest BCUT2D eigenvalue weighted by Gasteiger charge is -2.20. The number of fused-ring (bicyclic) bond motifs is 1. The van der Waals surface area contributed by atoms with Crippen molar-refractivity contribution in [3.8, 4) is 5.75 Å². The van der Waals surface area contributed by atoms with Crippen molar-refractivity contribution in [2.24, 2.45) is 0 Å². The molecular formula is C24H26F3N3O3S. The number of benzene rings is 3. The average Bonchev–Trinajstić information content (AvgIpc) is 3.16. The Labute approximate surface area is 197 Å². The van der Waals surface area contributed by atoms with Crippen LogP contribution in [0.4, 0.5) is 24.5 Å². The van der Waals surface area contributed by atoms with Gasteiger partial charge in [-0.2, -0.15) is 13.2 Å². The highest BCUT2D eigenvalue weighted by molar-refractivity contribution is 7.93. The minimum absolute atomic E-state index is 0.00452. The summed E-state index contributed by atoms with van der Waals surface area (Å²) >= 11 is 0. The summed E-state index contributed by atoms with van der Waals surface area (Å²) in [6.45, 7) is 1.21. The minimum Gasteiger partial charge on any atom is -0.488 e. The van der Waals surface area contributed by atoms with Crippen molar-refractivity contribution in [3.05, 3.63) is 60.2 Å². The largest absolute Gasteiger partial charge is 0.488 e. The van der Waals surface area contributed by atoms with Crippen molar-refractivity contribution in [3.63, 3.8) is 0 Å². The topological polar surface area (TPSA) is 61.9 Å². The van der Waals surface area contributed by atoms with E-state index in [0.717, 1.165) is 29.3 Å². The van der Waals surface area contributed by atoms with Crippen molar-refractivity contribution in [2.75, 3.05) is 43.9 Å². The van der Waals surface area contributed by atoms with Crippen molar-refractivity contribution >= 4 is 32.2 Å². The summed E-state index contributed by atoms with van der Waals surface area (Å²) < 4.78 is 75.4. The maximum Gasteiger partial charge on any atom is 0.419 e. The molecule has 0 aromatic heterocycles. The summed E-state index contributed by atoms with van der Waals surface area (Å²) in [6.07, 6.45) is -4.44. The fraction of sp³-hybridized carbons (Fsp3) is 0.333. The highest BCUT2D eigenvalue weighted by atomic mass is 32.2. The molecule has 0 radical (unpaired) electrons. The van der Waals surface area contributed by atoms with Crippen LogP contribution in [0.25, 0.3) is 10.8 Å². The van der Waals surface area contributed by atoms with E-state index in [0.29, 0.717) is 24.9 Å². The van der Waals surface area contributed by atoms with Gasteiger partial charge in [-0.05, 0) is 37.7 Å². The van der Waals surface area contributed by atoms with Gasteiger partial charge in [0.25, 0.3) is 10.0 Å². The zero-order valence-electron chi connectivity index (χ0n) is 19.1. The maximum atomic E-state index is 13.6. The third kappa shape index (κ3) is 4.92. The number of alkyl halides is 3. The quantitative estimate of drug-likeness (QED) is 0.534. The van der Waals surface area contributed by atoms with Gasteiger partial charge >= 0.3 is 6.18 Å². The summed E-state index contributed by atoms with van der Waals surface area (Å²) in [5.74, 6) is -0.388. The van der Waals surface area contributed by atoms with Gasteiger partial charge in [-0.15, -0.1) is 0 Å². The number of ether oxygens (including phenoxy) is 1. The molecule has 1 heterocycles. The van der Waals surface area contributed by atoms with Crippen LogP contribution in [-0.4, -0.2) is 53.7 Å². The fourth-order valence-corrected chi connectivity index (χ4v) is 5.46. The van der Waals surface area contributed by atoms with Crippen molar-refractivity contribution < 1.29 is 26.3 Å². The molecule has 10 heteroatoms. The Morgan fingerprint density at radius 3 is 2.41 bits per heavy atom. The predicted octanol–water partition coefficient (Wildman–Crippen LogP) is 4.81. The van der Waals surface area contributed by atoms with E-state index in [9.17, 15) is 21.6 Å². The van der Waals surface area contributed by atoms with E-state index >= 15 is 0 Å². The smallest absolute Gasteiger partial charge is 0.419 e. The zero-order chi connectivity index (χ0) is 24.7. The molecule has 34 heavy (non-hydrogen) atoms. The lowest BCUT2D eigenvalue weighted by molar-refractivity contribution is -0.139. The van der Waals surface area contributed by atoms with E-state index in [4.69, 9.17) is 4.74 Å². The van der Waals surface area contributed by atoms with Gasteiger partial charge in [0.2, 0.25) is 0 Å². The first kappa shape index (κ1) is 24.2. The Hall–Kier alpha value is -2.98. The molecule has 3 aromatic carbocycles. The first-order chi connectivity index (χ1) is 16.0. The molecule has 0 spiro atoms. The summed E-state index contributed by atoms with van der Waals surface area (Å²) in [5, 5.41) is 1.26. The molecule has 3 aromatic rings. The predicted molar refractivity (Wildman–Crippen MR) is 127 cm³/mol. The lowest BCUT2D eigenvalue weighted by atomic mass is 10.1. The van der Waals surface area contributed by atoms with Gasteiger partial charge in [0.15, 0.2) is 0 Å². The maximum absolute atomic E-state index is 13.6. The third-order valence-electron chi connectivity index (χ3n) is 5.81. The minimum atomic E-state index is -4.63. The molecule has 1 atom stereocenters. The number of nitrogens with zero attached hydrogens (tertiary/aromatic N) is 2. The fourth-order valence-electron chi connectivity index (χ4n) is 4.19. The number of rotatable bonds is 6.